The molecule has 0 N–H and O–H groups in total. The maximum absolute atomic E-state index is 13.3. The van der Waals surface area contributed by atoms with Crippen molar-refractivity contribution < 1.29 is 31.1 Å². The average molecular weight is 501 g/mol. The summed E-state index contributed by atoms with van der Waals surface area (Å²) >= 11 is 0. The first-order valence-corrected chi connectivity index (χ1v) is 11.8. The van der Waals surface area contributed by atoms with Crippen LogP contribution in [0, 0.1) is 0 Å². The summed E-state index contributed by atoms with van der Waals surface area (Å²) in [5.41, 5.74) is 1.27. The first kappa shape index (κ1) is 26.9. The van der Waals surface area contributed by atoms with Crippen LogP contribution in [0.15, 0.2) is 30.3 Å². The highest BCUT2D eigenvalue weighted by molar-refractivity contribution is 5.60. The number of halogens is 6. The van der Waals surface area contributed by atoms with Gasteiger partial charge in [-0.1, -0.05) is 19.9 Å². The van der Waals surface area contributed by atoms with Gasteiger partial charge in [0.25, 0.3) is 0 Å². The number of hydrogen-bond acceptors (Lipinski definition) is 2. The summed E-state index contributed by atoms with van der Waals surface area (Å²) in [6, 6.07) is 5.63. The number of carbonyl (C=O) groups excluding carboxylic acids is 1. The van der Waals surface area contributed by atoms with E-state index < -0.39 is 23.5 Å². The molecular formula is C26H30F6N2O. The minimum atomic E-state index is -4.93. The van der Waals surface area contributed by atoms with Gasteiger partial charge in [-0.2, -0.15) is 26.3 Å². The van der Waals surface area contributed by atoms with Gasteiger partial charge in [-0.25, -0.2) is 0 Å². The van der Waals surface area contributed by atoms with Crippen molar-refractivity contribution in [1.29, 1.82) is 0 Å². The molecule has 35 heavy (non-hydrogen) atoms. The molecule has 9 heteroatoms. The Morgan fingerprint density at radius 2 is 1.34 bits per heavy atom. The van der Waals surface area contributed by atoms with Crippen LogP contribution in [0.25, 0.3) is 0 Å². The minimum absolute atomic E-state index is 0.0909. The molecule has 0 fully saturated rings. The number of hydrogen-bond donors (Lipinski definition) is 0. The first-order chi connectivity index (χ1) is 16.5. The number of carbonyl (C=O) groups is 1. The van der Waals surface area contributed by atoms with Crippen LogP contribution >= 0.6 is 0 Å². The van der Waals surface area contributed by atoms with Gasteiger partial charge in [-0.05, 0) is 78.6 Å². The van der Waals surface area contributed by atoms with Crippen molar-refractivity contribution in [2.75, 3.05) is 18.0 Å². The first-order valence-electron chi connectivity index (χ1n) is 11.8. The van der Waals surface area contributed by atoms with Crippen molar-refractivity contribution in [2.24, 2.45) is 0 Å². The lowest BCUT2D eigenvalue weighted by Crippen LogP contribution is -2.28. The van der Waals surface area contributed by atoms with Gasteiger partial charge in [0.1, 0.15) is 0 Å². The van der Waals surface area contributed by atoms with Gasteiger partial charge in [0.2, 0.25) is 6.41 Å². The van der Waals surface area contributed by atoms with E-state index in [4.69, 9.17) is 0 Å². The lowest BCUT2D eigenvalue weighted by molar-refractivity contribution is -0.143. The van der Waals surface area contributed by atoms with E-state index in [1.54, 1.807) is 0 Å². The predicted molar refractivity (Wildman–Crippen MR) is 123 cm³/mol. The molecular weight excluding hydrogens is 470 g/mol. The van der Waals surface area contributed by atoms with Crippen LogP contribution in [0.1, 0.15) is 66.5 Å². The number of amides is 1. The van der Waals surface area contributed by atoms with E-state index in [9.17, 15) is 31.1 Å². The van der Waals surface area contributed by atoms with Gasteiger partial charge in [0.15, 0.2) is 0 Å². The highest BCUT2D eigenvalue weighted by atomic mass is 19.4. The highest BCUT2D eigenvalue weighted by Gasteiger charge is 2.37. The summed E-state index contributed by atoms with van der Waals surface area (Å²) in [5.74, 6) is 0. The molecule has 3 rings (SSSR count). The Hall–Kier alpha value is -2.71. The number of rotatable bonds is 10. The van der Waals surface area contributed by atoms with Crippen molar-refractivity contribution in [1.82, 2.24) is 4.90 Å². The SMILES string of the molecule is CCCN(CCC)c1cc2c(cc1CN(C=O)Cc1cc(C(F)(F)F)cc(C(F)(F)F)c1)CCC2. The molecule has 0 saturated carbocycles. The number of benzene rings is 2. The van der Waals surface area contributed by atoms with E-state index in [0.29, 0.717) is 18.5 Å². The van der Waals surface area contributed by atoms with E-state index in [-0.39, 0.29) is 24.7 Å². The molecule has 1 aliphatic carbocycles. The molecule has 0 radical (unpaired) electrons. The topological polar surface area (TPSA) is 23.6 Å². The summed E-state index contributed by atoms with van der Waals surface area (Å²) in [6.45, 7) is 5.48. The Bertz CT molecular complexity index is 993. The van der Waals surface area contributed by atoms with Gasteiger partial charge in [-0.3, -0.25) is 4.79 Å². The van der Waals surface area contributed by atoms with Gasteiger partial charge in [0.05, 0.1) is 11.1 Å². The van der Waals surface area contributed by atoms with Crippen LogP contribution in [0.2, 0.25) is 0 Å². The second-order valence-electron chi connectivity index (χ2n) is 9.01. The van der Waals surface area contributed by atoms with Gasteiger partial charge in [0, 0.05) is 31.9 Å². The van der Waals surface area contributed by atoms with E-state index in [1.165, 1.54) is 16.0 Å². The Morgan fingerprint density at radius 3 is 1.83 bits per heavy atom. The maximum Gasteiger partial charge on any atom is 0.416 e. The monoisotopic (exact) mass is 500 g/mol. The zero-order valence-electron chi connectivity index (χ0n) is 19.9. The van der Waals surface area contributed by atoms with Crippen molar-refractivity contribution in [3.05, 3.63) is 63.7 Å². The van der Waals surface area contributed by atoms with Crippen LogP contribution < -0.4 is 4.90 Å². The molecule has 3 nitrogen and oxygen atoms in total. The number of anilines is 1. The third-order valence-electron chi connectivity index (χ3n) is 6.18. The summed E-state index contributed by atoms with van der Waals surface area (Å²) < 4.78 is 79.6. The quantitative estimate of drug-likeness (QED) is 0.259. The largest absolute Gasteiger partial charge is 0.416 e. The molecule has 1 amide bonds. The summed E-state index contributed by atoms with van der Waals surface area (Å²) in [6.07, 6.45) is -4.65. The Morgan fingerprint density at radius 1 is 0.800 bits per heavy atom. The molecule has 192 valence electrons. The molecule has 0 heterocycles. The van der Waals surface area contributed by atoms with Crippen LogP contribution in [-0.2, 0) is 43.1 Å². The van der Waals surface area contributed by atoms with Crippen molar-refractivity contribution in [3.63, 3.8) is 0 Å². The van der Waals surface area contributed by atoms with Gasteiger partial charge < -0.3 is 9.80 Å². The molecule has 0 unspecified atom stereocenters. The lowest BCUT2D eigenvalue weighted by atomic mass is 10.0. The highest BCUT2D eigenvalue weighted by Crippen LogP contribution is 2.37. The predicted octanol–water partition coefficient (Wildman–Crippen LogP) is 7.00. The standard InChI is InChI=1S/C26H30F6N2O/c1-3-8-34(9-4-2)24-13-20-7-5-6-19(20)12-21(24)16-33(17-35)15-18-10-22(25(27,28)29)14-23(11-18)26(30,31)32/h10-14,17H,3-9,15-16H2,1-2H3. The smallest absolute Gasteiger partial charge is 0.371 e. The molecule has 2 aromatic rings. The number of aryl methyl sites for hydroxylation is 2. The van der Waals surface area contributed by atoms with Gasteiger partial charge >= 0.3 is 12.4 Å². The van der Waals surface area contributed by atoms with Gasteiger partial charge in [-0.15, -0.1) is 0 Å². The summed E-state index contributed by atoms with van der Waals surface area (Å²) in [5, 5.41) is 0. The average Bonchev–Trinajstić information content (AvgIpc) is 3.24. The van der Waals surface area contributed by atoms with Crippen molar-refractivity contribution in [2.45, 2.75) is 71.4 Å². The molecule has 0 bridgehead atoms. The van der Waals surface area contributed by atoms with Crippen molar-refractivity contribution >= 4 is 12.1 Å². The van der Waals surface area contributed by atoms with Crippen LogP contribution in [0.3, 0.4) is 0 Å². The minimum Gasteiger partial charge on any atom is -0.371 e. The van der Waals surface area contributed by atoms with E-state index in [0.717, 1.165) is 56.4 Å². The fourth-order valence-corrected chi connectivity index (χ4v) is 4.67. The maximum atomic E-state index is 13.3. The van der Waals surface area contributed by atoms with E-state index >= 15 is 0 Å². The zero-order chi connectivity index (χ0) is 25.8. The van der Waals surface area contributed by atoms with Crippen LogP contribution in [0.5, 0.6) is 0 Å². The third kappa shape index (κ3) is 6.70. The molecule has 0 atom stereocenters. The molecule has 0 spiro atoms. The Labute approximate surface area is 201 Å². The summed E-state index contributed by atoms with van der Waals surface area (Å²) in [4.78, 5) is 15.4. The Balaban J connectivity index is 1.96. The molecule has 0 aromatic heterocycles. The second kappa shape index (κ2) is 10.9. The molecule has 0 aliphatic heterocycles. The summed E-state index contributed by atoms with van der Waals surface area (Å²) in [7, 11) is 0. The lowest BCUT2D eigenvalue weighted by Gasteiger charge is -2.29. The number of fused-ring (bicyclic) bond motifs is 1. The molecule has 1 aliphatic rings. The molecule has 2 aromatic carbocycles. The molecule has 0 saturated heterocycles. The van der Waals surface area contributed by atoms with Crippen LogP contribution in [-0.4, -0.2) is 24.4 Å². The van der Waals surface area contributed by atoms with Crippen molar-refractivity contribution in [3.8, 4) is 0 Å². The normalized spacial score (nSPS) is 13.6. The van der Waals surface area contributed by atoms with E-state index in [2.05, 4.69) is 24.8 Å². The zero-order valence-corrected chi connectivity index (χ0v) is 19.9. The second-order valence-corrected chi connectivity index (χ2v) is 9.01. The third-order valence-corrected chi connectivity index (χ3v) is 6.18. The fraction of sp³-hybridized carbons (Fsp3) is 0.500. The number of alkyl halides is 6. The van der Waals surface area contributed by atoms with E-state index in [1.807, 2.05) is 6.07 Å². The van der Waals surface area contributed by atoms with Crippen LogP contribution in [0.4, 0.5) is 32.0 Å². The fourth-order valence-electron chi connectivity index (χ4n) is 4.67. The number of nitrogens with zero attached hydrogens (tertiary/aromatic N) is 2. The Kier molecular flexibility index (Phi) is 8.38.